The van der Waals surface area contributed by atoms with Crippen LogP contribution in [0, 0.1) is 11.6 Å². The summed E-state index contributed by atoms with van der Waals surface area (Å²) >= 11 is 0. The van der Waals surface area contributed by atoms with E-state index in [2.05, 4.69) is 4.74 Å². The van der Waals surface area contributed by atoms with E-state index in [0.29, 0.717) is 50.0 Å². The topological polar surface area (TPSA) is 54.0 Å². The van der Waals surface area contributed by atoms with Gasteiger partial charge in [-0.1, -0.05) is 25.5 Å². The third-order valence-corrected chi connectivity index (χ3v) is 4.81. The fourth-order valence-corrected chi connectivity index (χ4v) is 3.33. The zero-order valence-electron chi connectivity index (χ0n) is 16.7. The predicted molar refractivity (Wildman–Crippen MR) is 100 cm³/mol. The Labute approximate surface area is 164 Å². The number of carbonyl (C=O) groups is 1. The fraction of sp³-hybridized carbons (Fsp3) is 0.571. The number of hydrogen-bond donors (Lipinski definition) is 0. The lowest BCUT2D eigenvalue weighted by Gasteiger charge is -2.27. The first-order valence-corrected chi connectivity index (χ1v) is 9.50. The van der Waals surface area contributed by atoms with E-state index in [4.69, 9.17) is 14.2 Å². The second kappa shape index (κ2) is 10.5. The van der Waals surface area contributed by atoms with Crippen LogP contribution in [0.5, 0.6) is 0 Å². The van der Waals surface area contributed by atoms with Crippen LogP contribution in [-0.2, 0) is 30.2 Å². The molecule has 1 aromatic carbocycles. The van der Waals surface area contributed by atoms with E-state index in [9.17, 15) is 13.6 Å². The van der Waals surface area contributed by atoms with Gasteiger partial charge < -0.3 is 18.9 Å². The number of hydrogen-bond acceptors (Lipinski definition) is 5. The van der Waals surface area contributed by atoms with Crippen LogP contribution >= 0.6 is 0 Å². The molecule has 1 aromatic rings. The van der Waals surface area contributed by atoms with Gasteiger partial charge in [0.25, 0.3) is 0 Å². The van der Waals surface area contributed by atoms with Crippen molar-refractivity contribution in [3.05, 3.63) is 41.2 Å². The molecule has 1 fully saturated rings. The van der Waals surface area contributed by atoms with E-state index in [1.165, 1.54) is 20.5 Å². The number of esters is 1. The zero-order valence-corrected chi connectivity index (χ0v) is 16.7. The van der Waals surface area contributed by atoms with Gasteiger partial charge in [0.05, 0.1) is 40.1 Å². The van der Waals surface area contributed by atoms with Gasteiger partial charge in [0.15, 0.2) is 17.4 Å². The highest BCUT2D eigenvalue weighted by Crippen LogP contribution is 2.35. The highest BCUT2D eigenvalue weighted by atomic mass is 19.2. The van der Waals surface area contributed by atoms with Gasteiger partial charge in [0.1, 0.15) is 0 Å². The van der Waals surface area contributed by atoms with Gasteiger partial charge in [-0.2, -0.15) is 0 Å². The summed E-state index contributed by atoms with van der Waals surface area (Å²) in [6, 6.07) is 3.18. The number of allylic oxidation sites excluding steroid dienone is 1. The van der Waals surface area contributed by atoms with Gasteiger partial charge in [-0.05, 0) is 24.0 Å². The predicted octanol–water partition coefficient (Wildman–Crippen LogP) is 4.38. The van der Waals surface area contributed by atoms with E-state index in [1.54, 1.807) is 12.1 Å². The lowest BCUT2D eigenvalue weighted by Crippen LogP contribution is -2.31. The number of aryl methyl sites for hydroxylation is 1. The molecule has 1 aliphatic heterocycles. The van der Waals surface area contributed by atoms with E-state index < -0.39 is 17.4 Å². The number of ether oxygens (including phenoxy) is 4. The highest BCUT2D eigenvalue weighted by molar-refractivity contribution is 5.69. The van der Waals surface area contributed by atoms with Gasteiger partial charge in [0.2, 0.25) is 0 Å². The first-order valence-electron chi connectivity index (χ1n) is 9.50. The molecule has 0 atom stereocenters. The monoisotopic (exact) mass is 398 g/mol. The average molecular weight is 398 g/mol. The van der Waals surface area contributed by atoms with E-state index >= 15 is 0 Å². The van der Waals surface area contributed by atoms with E-state index in [-0.39, 0.29) is 18.0 Å². The SMILES string of the molecule is CCCc1ccc(C(=COC)CCC2(CCC(=O)OC)OCCO2)c(F)c1F. The summed E-state index contributed by atoms with van der Waals surface area (Å²) in [7, 11) is 2.78. The third-order valence-electron chi connectivity index (χ3n) is 4.81. The number of benzene rings is 1. The Morgan fingerprint density at radius 1 is 1.14 bits per heavy atom. The Morgan fingerprint density at radius 2 is 1.82 bits per heavy atom. The number of halogens is 2. The van der Waals surface area contributed by atoms with Crippen molar-refractivity contribution in [3.8, 4) is 0 Å². The van der Waals surface area contributed by atoms with Crippen molar-refractivity contribution in [2.75, 3.05) is 27.4 Å². The molecule has 0 N–H and O–H groups in total. The van der Waals surface area contributed by atoms with Crippen molar-refractivity contribution in [2.24, 2.45) is 0 Å². The summed E-state index contributed by atoms with van der Waals surface area (Å²) in [6.07, 6.45) is 3.79. The second-order valence-corrected chi connectivity index (χ2v) is 6.71. The number of carbonyl (C=O) groups excluding carboxylic acids is 1. The molecule has 1 aliphatic rings. The van der Waals surface area contributed by atoms with Crippen molar-refractivity contribution >= 4 is 11.5 Å². The second-order valence-electron chi connectivity index (χ2n) is 6.71. The maximum atomic E-state index is 14.7. The van der Waals surface area contributed by atoms with Gasteiger partial charge in [0, 0.05) is 18.4 Å². The summed E-state index contributed by atoms with van der Waals surface area (Å²) in [5, 5.41) is 0. The minimum Gasteiger partial charge on any atom is -0.504 e. The number of rotatable bonds is 10. The average Bonchev–Trinajstić information content (AvgIpc) is 3.17. The molecular weight excluding hydrogens is 370 g/mol. The summed E-state index contributed by atoms with van der Waals surface area (Å²) in [4.78, 5) is 11.5. The van der Waals surface area contributed by atoms with Crippen LogP contribution in [-0.4, -0.2) is 39.2 Å². The minimum absolute atomic E-state index is 0.147. The molecule has 156 valence electrons. The summed E-state index contributed by atoms with van der Waals surface area (Å²) in [5.41, 5.74) is 1.01. The van der Waals surface area contributed by atoms with Crippen LogP contribution in [0.1, 0.15) is 50.2 Å². The van der Waals surface area contributed by atoms with Crippen molar-refractivity contribution in [2.45, 2.75) is 51.2 Å². The molecule has 0 spiro atoms. The minimum atomic E-state index is -0.946. The molecule has 0 aliphatic carbocycles. The Balaban J connectivity index is 2.17. The molecule has 0 bridgehead atoms. The van der Waals surface area contributed by atoms with Crippen molar-refractivity contribution in [3.63, 3.8) is 0 Å². The molecule has 2 rings (SSSR count). The van der Waals surface area contributed by atoms with Crippen LogP contribution in [0.2, 0.25) is 0 Å². The summed E-state index contributed by atoms with van der Waals surface area (Å²) in [6.45, 7) is 2.75. The highest BCUT2D eigenvalue weighted by Gasteiger charge is 2.37. The molecule has 1 heterocycles. The summed E-state index contributed by atoms with van der Waals surface area (Å²) in [5.74, 6) is -3.01. The molecule has 0 aromatic heterocycles. The Bertz CT molecular complexity index is 696. The third kappa shape index (κ3) is 5.52. The Morgan fingerprint density at radius 3 is 2.43 bits per heavy atom. The number of methoxy groups -OCH3 is 2. The van der Waals surface area contributed by atoms with Crippen LogP contribution in [0.15, 0.2) is 18.4 Å². The van der Waals surface area contributed by atoms with Gasteiger partial charge in [-0.15, -0.1) is 0 Å². The maximum Gasteiger partial charge on any atom is 0.305 e. The van der Waals surface area contributed by atoms with Crippen molar-refractivity contribution in [1.29, 1.82) is 0 Å². The lowest BCUT2D eigenvalue weighted by molar-refractivity contribution is -0.172. The molecule has 1 saturated heterocycles. The first kappa shape index (κ1) is 22.3. The normalized spacial score (nSPS) is 16.2. The van der Waals surface area contributed by atoms with E-state index in [0.717, 1.165) is 6.42 Å². The van der Waals surface area contributed by atoms with Gasteiger partial charge in [-0.3, -0.25) is 4.79 Å². The van der Waals surface area contributed by atoms with E-state index in [1.807, 2.05) is 6.92 Å². The molecule has 0 unspecified atom stereocenters. The summed E-state index contributed by atoms with van der Waals surface area (Å²) < 4.78 is 50.3. The van der Waals surface area contributed by atoms with Crippen LogP contribution in [0.4, 0.5) is 8.78 Å². The molecule has 28 heavy (non-hydrogen) atoms. The molecule has 0 saturated carbocycles. The fourth-order valence-electron chi connectivity index (χ4n) is 3.33. The van der Waals surface area contributed by atoms with Crippen LogP contribution in [0.3, 0.4) is 0 Å². The standard InChI is InChI=1S/C21H28F2O5/c1-4-5-15-6-7-17(20(23)19(15)22)16(14-25-2)8-10-21(27-12-13-28-21)11-9-18(24)26-3/h6-7,14H,4-5,8-13H2,1-3H3. The maximum absolute atomic E-state index is 14.7. The molecule has 7 heteroatoms. The molecular formula is C21H28F2O5. The smallest absolute Gasteiger partial charge is 0.305 e. The Hall–Kier alpha value is -1.99. The van der Waals surface area contributed by atoms with Crippen LogP contribution < -0.4 is 0 Å². The van der Waals surface area contributed by atoms with Crippen LogP contribution in [0.25, 0.3) is 5.57 Å². The van der Waals surface area contributed by atoms with Crippen molar-refractivity contribution < 1.29 is 32.5 Å². The first-order chi connectivity index (χ1) is 13.5. The zero-order chi connectivity index (χ0) is 20.6. The molecule has 5 nitrogen and oxygen atoms in total. The quantitative estimate of drug-likeness (QED) is 0.432. The van der Waals surface area contributed by atoms with Gasteiger partial charge in [-0.25, -0.2) is 8.78 Å². The lowest BCUT2D eigenvalue weighted by atomic mass is 9.95. The Kier molecular flexibility index (Phi) is 8.38. The van der Waals surface area contributed by atoms with Crippen molar-refractivity contribution in [1.82, 2.24) is 0 Å². The molecule has 0 amide bonds. The molecule has 0 radical (unpaired) electrons. The van der Waals surface area contributed by atoms with Gasteiger partial charge >= 0.3 is 5.97 Å². The largest absolute Gasteiger partial charge is 0.504 e.